The molecule has 1 amide bonds. The lowest BCUT2D eigenvalue weighted by Gasteiger charge is -2.02. The number of carbonyl (C=O) groups excluding carboxylic acids is 1. The molecule has 0 saturated carbocycles. The highest BCUT2D eigenvalue weighted by atomic mass is 16.1. The Bertz CT molecular complexity index is 586. The lowest BCUT2D eigenvalue weighted by Crippen LogP contribution is -2.10. The number of amides is 1. The van der Waals surface area contributed by atoms with Gasteiger partial charge in [-0.15, -0.1) is 0 Å². The van der Waals surface area contributed by atoms with Crippen LogP contribution < -0.4 is 11.5 Å². The largest absolute Gasteiger partial charge is 0.369 e. The minimum absolute atomic E-state index is 0.429. The summed E-state index contributed by atoms with van der Waals surface area (Å²) in [7, 11) is 0. The molecule has 5 nitrogen and oxygen atoms in total. The number of primary amides is 1. The molecule has 0 aliphatic heterocycles. The number of anilines is 1. The Morgan fingerprint density at radius 2 is 1.95 bits per heavy atom. The van der Waals surface area contributed by atoms with Crippen molar-refractivity contribution in [2.75, 3.05) is 5.73 Å². The molecule has 0 spiro atoms. The van der Waals surface area contributed by atoms with Crippen LogP contribution in [0.2, 0.25) is 0 Å². The first-order chi connectivity index (χ1) is 9.61. The van der Waals surface area contributed by atoms with Crippen molar-refractivity contribution in [1.82, 2.24) is 9.55 Å². The maximum atomic E-state index is 11.0. The highest BCUT2D eigenvalue weighted by Gasteiger charge is 2.08. The molecular weight excluding hydrogens is 252 g/mol. The van der Waals surface area contributed by atoms with Crippen molar-refractivity contribution in [2.24, 2.45) is 5.73 Å². The fraction of sp³-hybridized carbons (Fsp3) is 0.333. The summed E-state index contributed by atoms with van der Waals surface area (Å²) >= 11 is 0. The molecule has 4 N–H and O–H groups in total. The zero-order chi connectivity index (χ0) is 14.5. The van der Waals surface area contributed by atoms with Crippen LogP contribution in [0.4, 0.5) is 5.95 Å². The molecule has 0 aliphatic carbocycles. The van der Waals surface area contributed by atoms with Crippen LogP contribution in [0.5, 0.6) is 0 Å². The van der Waals surface area contributed by atoms with Gasteiger partial charge >= 0.3 is 0 Å². The summed E-state index contributed by atoms with van der Waals surface area (Å²) in [5.41, 5.74) is 13.4. The van der Waals surface area contributed by atoms with E-state index in [1.807, 2.05) is 22.9 Å². The van der Waals surface area contributed by atoms with Crippen molar-refractivity contribution >= 4 is 11.9 Å². The average Bonchev–Trinajstić information content (AvgIpc) is 2.81. The van der Waals surface area contributed by atoms with E-state index in [1.165, 1.54) is 12.8 Å². The van der Waals surface area contributed by atoms with Crippen molar-refractivity contribution in [3.05, 3.63) is 36.0 Å². The molecule has 0 bridgehead atoms. The highest BCUT2D eigenvalue weighted by molar-refractivity contribution is 5.93. The van der Waals surface area contributed by atoms with Gasteiger partial charge in [-0.1, -0.05) is 31.9 Å². The van der Waals surface area contributed by atoms with Crippen LogP contribution >= 0.6 is 0 Å². The Hall–Kier alpha value is -2.30. The first-order valence-corrected chi connectivity index (χ1v) is 6.84. The molecule has 2 aromatic rings. The summed E-state index contributed by atoms with van der Waals surface area (Å²) in [5, 5.41) is 0. The molecule has 0 aliphatic rings. The van der Waals surface area contributed by atoms with Crippen LogP contribution in [0, 0.1) is 0 Å². The second-order valence-corrected chi connectivity index (χ2v) is 4.83. The van der Waals surface area contributed by atoms with E-state index in [-0.39, 0.29) is 0 Å². The first-order valence-electron chi connectivity index (χ1n) is 6.84. The number of nitrogen functional groups attached to an aromatic ring is 1. The third-order valence-corrected chi connectivity index (χ3v) is 3.28. The number of nitrogens with two attached hydrogens (primary N) is 2. The standard InChI is InChI=1S/C15H20N4O/c1-2-3-4-9-19-10-13(18-15(19)17)11-5-7-12(8-6-11)14(16)20/h5-8,10H,2-4,9H2,1H3,(H2,16,20)(H2,17,18). The van der Waals surface area contributed by atoms with Gasteiger partial charge in [-0.25, -0.2) is 4.98 Å². The number of aryl methyl sites for hydroxylation is 1. The lowest BCUT2D eigenvalue weighted by molar-refractivity contribution is 0.100. The van der Waals surface area contributed by atoms with Gasteiger partial charge in [-0.2, -0.15) is 0 Å². The van der Waals surface area contributed by atoms with Gasteiger partial charge in [0.25, 0.3) is 0 Å². The smallest absolute Gasteiger partial charge is 0.248 e. The molecule has 5 heteroatoms. The molecule has 0 radical (unpaired) electrons. The summed E-state index contributed by atoms with van der Waals surface area (Å²) in [5.74, 6) is 0.0937. The van der Waals surface area contributed by atoms with Crippen molar-refractivity contribution in [1.29, 1.82) is 0 Å². The SMILES string of the molecule is CCCCCn1cc(-c2ccc(C(N)=O)cc2)nc1N. The fourth-order valence-electron chi connectivity index (χ4n) is 2.09. The number of aromatic nitrogens is 2. The molecule has 20 heavy (non-hydrogen) atoms. The van der Waals surface area contributed by atoms with Gasteiger partial charge in [0, 0.05) is 23.9 Å². The third kappa shape index (κ3) is 3.17. The van der Waals surface area contributed by atoms with Crippen LogP contribution in [0.25, 0.3) is 11.3 Å². The van der Waals surface area contributed by atoms with E-state index in [0.717, 1.165) is 24.2 Å². The first kappa shape index (κ1) is 14.1. The quantitative estimate of drug-likeness (QED) is 0.792. The van der Waals surface area contributed by atoms with Crippen LogP contribution in [-0.2, 0) is 6.54 Å². The molecular formula is C15H20N4O. The third-order valence-electron chi connectivity index (χ3n) is 3.28. The Kier molecular flexibility index (Phi) is 4.40. The second-order valence-electron chi connectivity index (χ2n) is 4.83. The molecule has 1 heterocycles. The topological polar surface area (TPSA) is 86.9 Å². The predicted octanol–water partition coefficient (Wildman–Crippen LogP) is 2.42. The van der Waals surface area contributed by atoms with Crippen molar-refractivity contribution in [2.45, 2.75) is 32.7 Å². The van der Waals surface area contributed by atoms with Crippen molar-refractivity contribution < 1.29 is 4.79 Å². The summed E-state index contributed by atoms with van der Waals surface area (Å²) in [6.45, 7) is 3.05. The molecule has 106 valence electrons. The van der Waals surface area contributed by atoms with Gasteiger partial charge < -0.3 is 16.0 Å². The maximum absolute atomic E-state index is 11.0. The van der Waals surface area contributed by atoms with Crippen molar-refractivity contribution in [3.63, 3.8) is 0 Å². The van der Waals surface area contributed by atoms with Gasteiger partial charge in [0.05, 0.1) is 5.69 Å². The summed E-state index contributed by atoms with van der Waals surface area (Å²) in [6, 6.07) is 7.06. The minimum Gasteiger partial charge on any atom is -0.369 e. The monoisotopic (exact) mass is 272 g/mol. The molecule has 1 aromatic carbocycles. The summed E-state index contributed by atoms with van der Waals surface area (Å²) in [4.78, 5) is 15.4. The van der Waals surface area contributed by atoms with Gasteiger partial charge in [0.2, 0.25) is 11.9 Å². The number of hydrogen-bond donors (Lipinski definition) is 2. The normalized spacial score (nSPS) is 10.7. The van der Waals surface area contributed by atoms with Crippen LogP contribution in [-0.4, -0.2) is 15.5 Å². The number of carbonyl (C=O) groups is 1. The van der Waals surface area contributed by atoms with E-state index < -0.39 is 5.91 Å². The predicted molar refractivity (Wildman–Crippen MR) is 80.1 cm³/mol. The van der Waals surface area contributed by atoms with Gasteiger partial charge in [-0.3, -0.25) is 4.79 Å². The van der Waals surface area contributed by atoms with E-state index >= 15 is 0 Å². The van der Waals surface area contributed by atoms with E-state index in [2.05, 4.69) is 11.9 Å². The van der Waals surface area contributed by atoms with E-state index in [0.29, 0.717) is 11.5 Å². The van der Waals surface area contributed by atoms with Crippen LogP contribution in [0.15, 0.2) is 30.5 Å². The highest BCUT2D eigenvalue weighted by Crippen LogP contribution is 2.20. The molecule has 2 rings (SSSR count). The lowest BCUT2D eigenvalue weighted by atomic mass is 10.1. The molecule has 0 saturated heterocycles. The number of rotatable bonds is 6. The minimum atomic E-state index is -0.429. The van der Waals surface area contributed by atoms with Crippen molar-refractivity contribution in [3.8, 4) is 11.3 Å². The molecule has 0 atom stereocenters. The zero-order valence-electron chi connectivity index (χ0n) is 11.7. The van der Waals surface area contributed by atoms with E-state index in [9.17, 15) is 4.79 Å². The molecule has 1 aromatic heterocycles. The summed E-state index contributed by atoms with van der Waals surface area (Å²) < 4.78 is 1.97. The van der Waals surface area contributed by atoms with E-state index in [4.69, 9.17) is 11.5 Å². The van der Waals surface area contributed by atoms with Gasteiger partial charge in [-0.05, 0) is 18.6 Å². The number of nitrogens with zero attached hydrogens (tertiary/aromatic N) is 2. The van der Waals surface area contributed by atoms with Gasteiger partial charge in [0.1, 0.15) is 0 Å². The van der Waals surface area contributed by atoms with Crippen LogP contribution in [0.1, 0.15) is 36.5 Å². The maximum Gasteiger partial charge on any atom is 0.248 e. The molecule has 0 unspecified atom stereocenters. The average molecular weight is 272 g/mol. The van der Waals surface area contributed by atoms with Crippen LogP contribution in [0.3, 0.4) is 0 Å². The Morgan fingerprint density at radius 3 is 2.55 bits per heavy atom. The number of hydrogen-bond acceptors (Lipinski definition) is 3. The number of benzene rings is 1. The number of imidazole rings is 1. The Balaban J connectivity index is 2.16. The fourth-order valence-corrected chi connectivity index (χ4v) is 2.09. The Labute approximate surface area is 118 Å². The summed E-state index contributed by atoms with van der Waals surface area (Å²) in [6.07, 6.45) is 5.40. The van der Waals surface area contributed by atoms with E-state index in [1.54, 1.807) is 12.1 Å². The second kappa shape index (κ2) is 6.23. The zero-order valence-corrected chi connectivity index (χ0v) is 11.7. The Morgan fingerprint density at radius 1 is 1.25 bits per heavy atom. The molecule has 0 fully saturated rings. The number of unbranched alkanes of at least 4 members (excludes halogenated alkanes) is 2. The van der Waals surface area contributed by atoms with Gasteiger partial charge in [0.15, 0.2) is 0 Å².